The second-order valence-corrected chi connectivity index (χ2v) is 6.99. The van der Waals surface area contributed by atoms with Crippen molar-refractivity contribution in [2.45, 2.75) is 13.5 Å². The van der Waals surface area contributed by atoms with E-state index in [4.69, 9.17) is 0 Å². The topological polar surface area (TPSA) is 32.3 Å². The number of thiophene rings is 1. The van der Waals surface area contributed by atoms with E-state index in [0.717, 1.165) is 16.9 Å². The van der Waals surface area contributed by atoms with Gasteiger partial charge in [-0.05, 0) is 45.4 Å². The van der Waals surface area contributed by atoms with Gasteiger partial charge in [0.1, 0.15) is 0 Å². The largest absolute Gasteiger partial charge is 0.341 e. The fourth-order valence-electron chi connectivity index (χ4n) is 2.20. The van der Waals surface area contributed by atoms with Gasteiger partial charge in [0, 0.05) is 20.1 Å². The number of carbonyl (C=O) groups excluding carboxylic acids is 1. The lowest BCUT2D eigenvalue weighted by Crippen LogP contribution is -2.35. The van der Waals surface area contributed by atoms with Crippen LogP contribution >= 0.6 is 27.3 Å². The van der Waals surface area contributed by atoms with E-state index in [1.807, 2.05) is 11.9 Å². The molecule has 94 valence electrons. The zero-order valence-corrected chi connectivity index (χ0v) is 12.5. The fraction of sp³-hybridized carbons (Fsp3) is 0.583. The molecule has 0 radical (unpaired) electrons. The molecule has 1 fully saturated rings. The molecule has 2 heterocycles. The Kier molecular flexibility index (Phi) is 4.22. The number of hydrogen-bond donors (Lipinski definition) is 1. The van der Waals surface area contributed by atoms with Crippen LogP contribution in [0.4, 0.5) is 0 Å². The summed E-state index contributed by atoms with van der Waals surface area (Å²) in [6.07, 6.45) is 0. The first-order valence-electron chi connectivity index (χ1n) is 5.76. The summed E-state index contributed by atoms with van der Waals surface area (Å²) in [5.74, 6) is 0.839. The van der Waals surface area contributed by atoms with Gasteiger partial charge in [-0.3, -0.25) is 4.79 Å². The van der Waals surface area contributed by atoms with Crippen LogP contribution in [0.3, 0.4) is 0 Å². The second-order valence-electron chi connectivity index (χ2n) is 4.70. The third kappa shape index (κ3) is 3.09. The van der Waals surface area contributed by atoms with Gasteiger partial charge in [0.15, 0.2) is 0 Å². The first-order valence-corrected chi connectivity index (χ1v) is 7.44. The van der Waals surface area contributed by atoms with Crippen LogP contribution in [0.1, 0.15) is 12.5 Å². The predicted octanol–water partition coefficient (Wildman–Crippen LogP) is 2.32. The number of halogens is 1. The highest BCUT2D eigenvalue weighted by atomic mass is 79.9. The van der Waals surface area contributed by atoms with E-state index < -0.39 is 0 Å². The maximum Gasteiger partial charge on any atom is 0.227 e. The Morgan fingerprint density at radius 2 is 2.41 bits per heavy atom. The molecule has 1 aromatic rings. The zero-order chi connectivity index (χ0) is 12.4. The number of rotatable bonds is 3. The van der Waals surface area contributed by atoms with Crippen LogP contribution in [0, 0.1) is 11.8 Å². The van der Waals surface area contributed by atoms with E-state index in [-0.39, 0.29) is 11.8 Å². The molecule has 3 nitrogen and oxygen atoms in total. The molecule has 5 heteroatoms. The fourth-order valence-corrected chi connectivity index (χ4v) is 3.40. The third-order valence-electron chi connectivity index (χ3n) is 3.25. The molecule has 2 rings (SSSR count). The number of hydrogen-bond acceptors (Lipinski definition) is 3. The molecule has 0 spiro atoms. The van der Waals surface area contributed by atoms with Crippen molar-refractivity contribution >= 4 is 33.2 Å². The van der Waals surface area contributed by atoms with Crippen LogP contribution in [-0.2, 0) is 11.3 Å². The van der Waals surface area contributed by atoms with Gasteiger partial charge in [0.25, 0.3) is 0 Å². The van der Waals surface area contributed by atoms with Crippen molar-refractivity contribution in [1.29, 1.82) is 0 Å². The molecule has 0 saturated carbocycles. The monoisotopic (exact) mass is 316 g/mol. The van der Waals surface area contributed by atoms with Crippen molar-refractivity contribution in [1.82, 2.24) is 10.2 Å². The van der Waals surface area contributed by atoms with Crippen LogP contribution in [0.5, 0.6) is 0 Å². The van der Waals surface area contributed by atoms with Crippen molar-refractivity contribution in [3.05, 3.63) is 20.8 Å². The Morgan fingerprint density at radius 1 is 1.65 bits per heavy atom. The minimum Gasteiger partial charge on any atom is -0.341 e. The highest BCUT2D eigenvalue weighted by Gasteiger charge is 2.31. The summed E-state index contributed by atoms with van der Waals surface area (Å²) < 4.78 is 1.12. The first kappa shape index (κ1) is 13.1. The highest BCUT2D eigenvalue weighted by Crippen LogP contribution is 2.23. The number of amides is 1. The summed E-state index contributed by atoms with van der Waals surface area (Å²) in [5, 5.41) is 5.36. The summed E-state index contributed by atoms with van der Waals surface area (Å²) in [6.45, 7) is 4.60. The lowest BCUT2D eigenvalue weighted by atomic mass is 9.97. The minimum atomic E-state index is 0.141. The van der Waals surface area contributed by atoms with Crippen LogP contribution in [0.25, 0.3) is 0 Å². The molecule has 2 atom stereocenters. The lowest BCUT2D eigenvalue weighted by Gasteiger charge is -2.22. The van der Waals surface area contributed by atoms with Gasteiger partial charge in [-0.25, -0.2) is 0 Å². The normalized spacial score (nSPS) is 23.9. The van der Waals surface area contributed by atoms with Gasteiger partial charge >= 0.3 is 0 Å². The standard InChI is InChI=1S/C12H17BrN2OS/c1-8-4-14-5-10(8)12(16)15(2)6-9-3-11(13)17-7-9/h3,7-8,10,14H,4-6H2,1-2H3. The molecule has 1 saturated heterocycles. The van der Waals surface area contributed by atoms with Gasteiger partial charge in [0.05, 0.1) is 9.70 Å². The molecule has 2 unspecified atom stereocenters. The molecule has 1 aromatic heterocycles. The third-order valence-corrected chi connectivity index (χ3v) is 4.81. The lowest BCUT2D eigenvalue weighted by molar-refractivity contribution is -0.135. The molecule has 0 aliphatic carbocycles. The number of nitrogens with one attached hydrogen (secondary N) is 1. The van der Waals surface area contributed by atoms with E-state index in [1.165, 1.54) is 5.56 Å². The van der Waals surface area contributed by atoms with Crippen LogP contribution < -0.4 is 5.32 Å². The van der Waals surface area contributed by atoms with E-state index in [9.17, 15) is 4.79 Å². The first-order chi connectivity index (χ1) is 8.08. The van der Waals surface area contributed by atoms with Crippen molar-refractivity contribution in [3.8, 4) is 0 Å². The SMILES string of the molecule is CC1CNCC1C(=O)N(C)Cc1csc(Br)c1. The van der Waals surface area contributed by atoms with E-state index in [0.29, 0.717) is 12.5 Å². The Labute approximate surface area is 114 Å². The smallest absolute Gasteiger partial charge is 0.227 e. The molecule has 1 amide bonds. The Hall–Kier alpha value is -0.390. The van der Waals surface area contributed by atoms with Crippen molar-refractivity contribution in [2.24, 2.45) is 11.8 Å². The molecular weight excluding hydrogens is 300 g/mol. The van der Waals surface area contributed by atoms with E-state index >= 15 is 0 Å². The van der Waals surface area contributed by atoms with Crippen molar-refractivity contribution in [2.75, 3.05) is 20.1 Å². The quantitative estimate of drug-likeness (QED) is 0.928. The molecule has 1 aliphatic rings. The van der Waals surface area contributed by atoms with Crippen LogP contribution in [0.2, 0.25) is 0 Å². The molecule has 1 N–H and O–H groups in total. The molecule has 1 aliphatic heterocycles. The summed E-state index contributed by atoms with van der Waals surface area (Å²) in [7, 11) is 1.89. The Morgan fingerprint density at radius 3 is 2.94 bits per heavy atom. The van der Waals surface area contributed by atoms with Gasteiger partial charge in [0.2, 0.25) is 5.91 Å². The molecular formula is C12H17BrN2OS. The Balaban J connectivity index is 1.95. The summed E-state index contributed by atoms with van der Waals surface area (Å²) in [5.41, 5.74) is 1.19. The van der Waals surface area contributed by atoms with Crippen LogP contribution in [0.15, 0.2) is 15.2 Å². The maximum absolute atomic E-state index is 12.2. The van der Waals surface area contributed by atoms with E-state index in [1.54, 1.807) is 11.3 Å². The van der Waals surface area contributed by atoms with Crippen molar-refractivity contribution in [3.63, 3.8) is 0 Å². The maximum atomic E-state index is 12.2. The summed E-state index contributed by atoms with van der Waals surface area (Å²) >= 11 is 5.10. The second kappa shape index (κ2) is 5.50. The van der Waals surface area contributed by atoms with Crippen molar-refractivity contribution < 1.29 is 4.79 Å². The summed E-state index contributed by atoms with van der Waals surface area (Å²) in [6, 6.07) is 2.07. The van der Waals surface area contributed by atoms with Gasteiger partial charge in [-0.2, -0.15) is 0 Å². The molecule has 17 heavy (non-hydrogen) atoms. The average Bonchev–Trinajstić information content (AvgIpc) is 2.86. The average molecular weight is 317 g/mol. The van der Waals surface area contributed by atoms with Gasteiger partial charge in [-0.15, -0.1) is 11.3 Å². The van der Waals surface area contributed by atoms with Gasteiger partial charge in [-0.1, -0.05) is 6.92 Å². The highest BCUT2D eigenvalue weighted by molar-refractivity contribution is 9.11. The van der Waals surface area contributed by atoms with E-state index in [2.05, 4.69) is 39.6 Å². The number of carbonyl (C=O) groups is 1. The number of nitrogens with zero attached hydrogens (tertiary/aromatic N) is 1. The zero-order valence-electron chi connectivity index (χ0n) is 10.1. The molecule has 0 bridgehead atoms. The molecule has 0 aromatic carbocycles. The predicted molar refractivity (Wildman–Crippen MR) is 74.0 cm³/mol. The Bertz CT molecular complexity index is 407. The minimum absolute atomic E-state index is 0.141. The summed E-state index contributed by atoms with van der Waals surface area (Å²) in [4.78, 5) is 14.1. The van der Waals surface area contributed by atoms with Crippen LogP contribution in [-0.4, -0.2) is 30.9 Å². The van der Waals surface area contributed by atoms with Gasteiger partial charge < -0.3 is 10.2 Å².